The molecule has 140 valence electrons. The van der Waals surface area contributed by atoms with Crippen molar-refractivity contribution >= 4 is 12.2 Å². The zero-order valence-electron chi connectivity index (χ0n) is 15.2. The second-order valence-electron chi connectivity index (χ2n) is 6.38. The monoisotopic (exact) mass is 382 g/mol. The largest absolute Gasteiger partial charge is 0.497 e. The Morgan fingerprint density at radius 1 is 1.07 bits per heavy atom. The molecule has 0 bridgehead atoms. The molecule has 1 aromatic heterocycles. The molecule has 0 spiro atoms. The molecule has 2 heterocycles. The maximum atomic E-state index is 5.80. The maximum Gasteiger partial charge on any atom is 0.204 e. The Bertz CT molecular complexity index is 962. The highest BCUT2D eigenvalue weighted by atomic mass is 32.1. The first-order chi connectivity index (χ1) is 13.3. The summed E-state index contributed by atoms with van der Waals surface area (Å²) in [6.07, 6.45) is 0. The number of benzene rings is 2. The molecule has 4 rings (SSSR count). The first-order valence-electron chi connectivity index (χ1n) is 8.96. The number of morpholine rings is 1. The lowest BCUT2D eigenvalue weighted by Gasteiger charge is -2.26. The predicted molar refractivity (Wildman–Crippen MR) is 107 cm³/mol. The second kappa shape index (κ2) is 8.04. The Labute approximate surface area is 163 Å². The van der Waals surface area contributed by atoms with E-state index in [9.17, 15) is 0 Å². The zero-order chi connectivity index (χ0) is 18.6. The number of aromatic nitrogens is 3. The van der Waals surface area contributed by atoms with Gasteiger partial charge in [0.1, 0.15) is 5.75 Å². The van der Waals surface area contributed by atoms with E-state index in [4.69, 9.17) is 26.8 Å². The summed E-state index contributed by atoms with van der Waals surface area (Å²) in [5.74, 6) is 1.60. The third-order valence-corrected chi connectivity index (χ3v) is 5.01. The smallest absolute Gasteiger partial charge is 0.204 e. The third kappa shape index (κ3) is 3.80. The molecule has 0 radical (unpaired) electrons. The number of hydrogen-bond donors (Lipinski definition) is 0. The molecular formula is C20H22N4O2S. The molecule has 1 aliphatic heterocycles. The minimum atomic E-state index is 0.652. The van der Waals surface area contributed by atoms with Gasteiger partial charge in [0.25, 0.3) is 0 Å². The van der Waals surface area contributed by atoms with Gasteiger partial charge in [-0.05, 0) is 36.5 Å². The first kappa shape index (κ1) is 17.9. The van der Waals surface area contributed by atoms with Crippen LogP contribution in [0, 0.1) is 4.77 Å². The van der Waals surface area contributed by atoms with Gasteiger partial charge in [-0.1, -0.05) is 30.3 Å². The molecule has 6 nitrogen and oxygen atoms in total. The number of nitrogens with zero attached hydrogens (tertiary/aromatic N) is 4. The van der Waals surface area contributed by atoms with Gasteiger partial charge in [0.15, 0.2) is 5.82 Å². The lowest BCUT2D eigenvalue weighted by atomic mass is 10.2. The Morgan fingerprint density at radius 3 is 2.59 bits per heavy atom. The minimum Gasteiger partial charge on any atom is -0.497 e. The summed E-state index contributed by atoms with van der Waals surface area (Å²) in [6.45, 7) is 3.91. The van der Waals surface area contributed by atoms with E-state index in [1.165, 1.54) is 0 Å². The van der Waals surface area contributed by atoms with E-state index in [1.54, 1.807) is 7.11 Å². The average molecular weight is 382 g/mol. The van der Waals surface area contributed by atoms with E-state index in [1.807, 2.05) is 63.8 Å². The highest BCUT2D eigenvalue weighted by Crippen LogP contribution is 2.26. The maximum absolute atomic E-state index is 5.80. The Morgan fingerprint density at radius 2 is 1.85 bits per heavy atom. The summed E-state index contributed by atoms with van der Waals surface area (Å²) in [7, 11) is 1.67. The number of methoxy groups -OCH3 is 1. The lowest BCUT2D eigenvalue weighted by Crippen LogP contribution is -2.37. The molecule has 0 atom stereocenters. The molecule has 2 aromatic carbocycles. The SMILES string of the molecule is COc1cccc(-c2nn(CN3CCOCC3)c(=S)n2-c2ccccc2)c1. The second-order valence-corrected chi connectivity index (χ2v) is 6.75. The highest BCUT2D eigenvalue weighted by molar-refractivity contribution is 7.71. The van der Waals surface area contributed by atoms with Gasteiger partial charge in [0.2, 0.25) is 4.77 Å². The molecule has 7 heteroatoms. The Kier molecular flexibility index (Phi) is 5.33. The van der Waals surface area contributed by atoms with Gasteiger partial charge < -0.3 is 9.47 Å². The van der Waals surface area contributed by atoms with Gasteiger partial charge in [-0.15, -0.1) is 5.10 Å². The van der Waals surface area contributed by atoms with Crippen LogP contribution >= 0.6 is 12.2 Å². The third-order valence-electron chi connectivity index (χ3n) is 4.62. The van der Waals surface area contributed by atoms with E-state index >= 15 is 0 Å². The Hall–Kier alpha value is -2.48. The summed E-state index contributed by atoms with van der Waals surface area (Å²) in [6, 6.07) is 18.0. The number of ether oxygens (including phenoxy) is 2. The van der Waals surface area contributed by atoms with Crippen molar-refractivity contribution in [2.24, 2.45) is 0 Å². The zero-order valence-corrected chi connectivity index (χ0v) is 16.1. The highest BCUT2D eigenvalue weighted by Gasteiger charge is 2.18. The van der Waals surface area contributed by atoms with Gasteiger partial charge in [0.05, 0.1) is 27.0 Å². The quantitative estimate of drug-likeness (QED) is 0.633. The van der Waals surface area contributed by atoms with Crippen molar-refractivity contribution in [3.05, 3.63) is 59.4 Å². The van der Waals surface area contributed by atoms with Gasteiger partial charge in [0, 0.05) is 24.3 Å². The van der Waals surface area contributed by atoms with Crippen molar-refractivity contribution in [3.8, 4) is 22.8 Å². The fourth-order valence-corrected chi connectivity index (χ4v) is 3.48. The van der Waals surface area contributed by atoms with Crippen LogP contribution in [-0.4, -0.2) is 52.7 Å². The first-order valence-corrected chi connectivity index (χ1v) is 9.37. The van der Waals surface area contributed by atoms with Crippen LogP contribution in [0.1, 0.15) is 0 Å². The fourth-order valence-electron chi connectivity index (χ4n) is 3.19. The molecule has 0 unspecified atom stereocenters. The average Bonchev–Trinajstić information content (AvgIpc) is 3.05. The molecular weight excluding hydrogens is 360 g/mol. The normalized spacial score (nSPS) is 15.0. The van der Waals surface area contributed by atoms with Crippen LogP contribution in [0.5, 0.6) is 5.75 Å². The van der Waals surface area contributed by atoms with Crippen molar-refractivity contribution in [1.82, 2.24) is 19.2 Å². The van der Waals surface area contributed by atoms with Crippen molar-refractivity contribution in [1.29, 1.82) is 0 Å². The van der Waals surface area contributed by atoms with Crippen LogP contribution in [0.4, 0.5) is 0 Å². The van der Waals surface area contributed by atoms with Crippen LogP contribution in [0.3, 0.4) is 0 Å². The molecule has 1 aliphatic rings. The van der Waals surface area contributed by atoms with Crippen LogP contribution < -0.4 is 4.74 Å². The summed E-state index contributed by atoms with van der Waals surface area (Å²) < 4.78 is 15.4. The van der Waals surface area contributed by atoms with Crippen molar-refractivity contribution < 1.29 is 9.47 Å². The minimum absolute atomic E-state index is 0.652. The van der Waals surface area contributed by atoms with Crippen molar-refractivity contribution in [2.75, 3.05) is 33.4 Å². The molecule has 1 saturated heterocycles. The summed E-state index contributed by atoms with van der Waals surface area (Å²) in [5, 5.41) is 4.86. The van der Waals surface area contributed by atoms with Crippen LogP contribution in [0.2, 0.25) is 0 Å². The molecule has 3 aromatic rings. The fraction of sp³-hybridized carbons (Fsp3) is 0.300. The van der Waals surface area contributed by atoms with Gasteiger partial charge in [-0.2, -0.15) is 0 Å². The molecule has 0 saturated carbocycles. The van der Waals surface area contributed by atoms with Crippen LogP contribution in [-0.2, 0) is 11.4 Å². The Balaban J connectivity index is 1.80. The van der Waals surface area contributed by atoms with E-state index in [2.05, 4.69) is 4.90 Å². The number of rotatable bonds is 5. The topological polar surface area (TPSA) is 44.4 Å². The summed E-state index contributed by atoms with van der Waals surface area (Å²) in [4.78, 5) is 2.30. The summed E-state index contributed by atoms with van der Waals surface area (Å²) >= 11 is 5.80. The van der Waals surface area contributed by atoms with Gasteiger partial charge in [-0.3, -0.25) is 9.47 Å². The van der Waals surface area contributed by atoms with E-state index < -0.39 is 0 Å². The molecule has 1 fully saturated rings. The van der Waals surface area contributed by atoms with Gasteiger partial charge >= 0.3 is 0 Å². The number of hydrogen-bond acceptors (Lipinski definition) is 5. The molecule has 0 N–H and O–H groups in total. The molecule has 27 heavy (non-hydrogen) atoms. The predicted octanol–water partition coefficient (Wildman–Crippen LogP) is 3.37. The van der Waals surface area contributed by atoms with Crippen molar-refractivity contribution in [3.63, 3.8) is 0 Å². The molecule has 0 amide bonds. The lowest BCUT2D eigenvalue weighted by molar-refractivity contribution is 0.0210. The van der Waals surface area contributed by atoms with E-state index in [0.717, 1.165) is 49.1 Å². The molecule has 0 aliphatic carbocycles. The van der Waals surface area contributed by atoms with Crippen LogP contribution in [0.15, 0.2) is 54.6 Å². The van der Waals surface area contributed by atoms with Crippen molar-refractivity contribution in [2.45, 2.75) is 6.67 Å². The standard InChI is InChI=1S/C20H22N4O2S/c1-25-18-9-5-6-16(14-18)19-21-23(15-22-10-12-26-13-11-22)20(27)24(19)17-7-3-2-4-8-17/h2-9,14H,10-13,15H2,1H3. The summed E-state index contributed by atoms with van der Waals surface area (Å²) in [5.41, 5.74) is 1.96. The number of para-hydroxylation sites is 1. The van der Waals surface area contributed by atoms with Gasteiger partial charge in [-0.25, -0.2) is 4.68 Å². The van der Waals surface area contributed by atoms with E-state index in [-0.39, 0.29) is 0 Å². The van der Waals surface area contributed by atoms with E-state index in [0.29, 0.717) is 11.4 Å². The van der Waals surface area contributed by atoms with Crippen LogP contribution in [0.25, 0.3) is 17.1 Å².